The molecule has 0 unspecified atom stereocenters. The van der Waals surface area contributed by atoms with Crippen LogP contribution in [-0.2, 0) is 6.42 Å². The average Bonchev–Trinajstić information content (AvgIpc) is 2.50. The van der Waals surface area contributed by atoms with Gasteiger partial charge in [-0.15, -0.1) is 6.42 Å². The third kappa shape index (κ3) is 4.73. The molecule has 108 valence electrons. The molecule has 0 aliphatic rings. The lowest BCUT2D eigenvalue weighted by Crippen LogP contribution is -2.38. The van der Waals surface area contributed by atoms with Gasteiger partial charge in [-0.1, -0.05) is 12.0 Å². The minimum atomic E-state index is 0.454. The summed E-state index contributed by atoms with van der Waals surface area (Å²) < 4.78 is 10.5. The number of ether oxygens (including phenoxy) is 2. The number of nitrogens with one attached hydrogen (secondary N) is 2. The molecule has 0 aliphatic carbocycles. The third-order valence-corrected chi connectivity index (χ3v) is 2.74. The Bertz CT molecular complexity index is 492. The smallest absolute Gasteiger partial charge is 0.191 e. The number of terminal acetylenes is 1. The maximum atomic E-state index is 5.27. The molecular weight excluding hydrogens is 254 g/mol. The predicted molar refractivity (Wildman–Crippen MR) is 81.4 cm³/mol. The summed E-state index contributed by atoms with van der Waals surface area (Å²) in [5.74, 6) is 4.67. The summed E-state index contributed by atoms with van der Waals surface area (Å²) >= 11 is 0. The van der Waals surface area contributed by atoms with Gasteiger partial charge in [-0.3, -0.25) is 4.99 Å². The molecule has 0 amide bonds. The van der Waals surface area contributed by atoms with Crippen molar-refractivity contribution in [2.24, 2.45) is 4.99 Å². The zero-order valence-electron chi connectivity index (χ0n) is 12.2. The number of methoxy groups -OCH3 is 2. The summed E-state index contributed by atoms with van der Waals surface area (Å²) in [5, 5.41) is 6.19. The molecule has 0 aliphatic heterocycles. The average molecular weight is 275 g/mol. The van der Waals surface area contributed by atoms with Crippen LogP contribution in [0.25, 0.3) is 0 Å². The standard InChI is InChI=1S/C15H21N3O2/c1-5-9-17-15(16-2)18-10-8-12-6-7-13(19-3)14(11-12)20-4/h1,6-7,11H,8-10H2,2-4H3,(H2,16,17,18). The van der Waals surface area contributed by atoms with Crippen LogP contribution < -0.4 is 20.1 Å². The molecule has 1 aromatic carbocycles. The van der Waals surface area contributed by atoms with Crippen LogP contribution in [0.2, 0.25) is 0 Å². The van der Waals surface area contributed by atoms with E-state index in [9.17, 15) is 0 Å². The van der Waals surface area contributed by atoms with Crippen molar-refractivity contribution in [1.82, 2.24) is 10.6 Å². The largest absolute Gasteiger partial charge is 0.493 e. The molecule has 0 aromatic heterocycles. The quantitative estimate of drug-likeness (QED) is 0.463. The van der Waals surface area contributed by atoms with Gasteiger partial charge in [0, 0.05) is 13.6 Å². The Kier molecular flexibility index (Phi) is 6.83. The molecule has 2 N–H and O–H groups in total. The lowest BCUT2D eigenvalue weighted by molar-refractivity contribution is 0.354. The van der Waals surface area contributed by atoms with Crippen LogP contribution >= 0.6 is 0 Å². The Hall–Kier alpha value is -2.35. The van der Waals surface area contributed by atoms with E-state index >= 15 is 0 Å². The van der Waals surface area contributed by atoms with Crippen molar-refractivity contribution in [2.75, 3.05) is 34.4 Å². The molecule has 0 heterocycles. The van der Waals surface area contributed by atoms with Crippen molar-refractivity contribution < 1.29 is 9.47 Å². The van der Waals surface area contributed by atoms with E-state index in [1.54, 1.807) is 21.3 Å². The molecule has 1 aromatic rings. The molecule has 0 fully saturated rings. The Morgan fingerprint density at radius 2 is 2.00 bits per heavy atom. The van der Waals surface area contributed by atoms with Crippen LogP contribution in [0.5, 0.6) is 11.5 Å². The number of rotatable bonds is 6. The van der Waals surface area contributed by atoms with Gasteiger partial charge in [-0.2, -0.15) is 0 Å². The summed E-state index contributed by atoms with van der Waals surface area (Å²) in [4.78, 5) is 4.07. The number of hydrogen-bond acceptors (Lipinski definition) is 3. The van der Waals surface area contributed by atoms with Crippen LogP contribution in [0.15, 0.2) is 23.2 Å². The highest BCUT2D eigenvalue weighted by atomic mass is 16.5. The lowest BCUT2D eigenvalue weighted by atomic mass is 10.1. The lowest BCUT2D eigenvalue weighted by Gasteiger charge is -2.11. The fourth-order valence-corrected chi connectivity index (χ4v) is 1.72. The highest BCUT2D eigenvalue weighted by Crippen LogP contribution is 2.27. The first-order valence-corrected chi connectivity index (χ1v) is 6.34. The van der Waals surface area contributed by atoms with E-state index in [1.165, 1.54) is 0 Å². The van der Waals surface area contributed by atoms with E-state index in [0.717, 1.165) is 30.0 Å². The second kappa shape index (κ2) is 8.70. The SMILES string of the molecule is C#CCNC(=NC)NCCc1ccc(OC)c(OC)c1. The Balaban J connectivity index is 2.52. The fraction of sp³-hybridized carbons (Fsp3) is 0.400. The second-order valence-corrected chi connectivity index (χ2v) is 4.00. The van der Waals surface area contributed by atoms with E-state index in [1.807, 2.05) is 18.2 Å². The number of hydrogen-bond donors (Lipinski definition) is 2. The van der Waals surface area contributed by atoms with E-state index in [2.05, 4.69) is 21.5 Å². The maximum absolute atomic E-state index is 5.27. The normalized spacial score (nSPS) is 10.6. The van der Waals surface area contributed by atoms with Gasteiger partial charge in [-0.05, 0) is 24.1 Å². The Labute approximate surface area is 120 Å². The van der Waals surface area contributed by atoms with Crippen LogP contribution in [0.1, 0.15) is 5.56 Å². The zero-order valence-corrected chi connectivity index (χ0v) is 12.2. The van der Waals surface area contributed by atoms with Crippen molar-refractivity contribution in [1.29, 1.82) is 0 Å². The van der Waals surface area contributed by atoms with E-state index in [-0.39, 0.29) is 0 Å². The van der Waals surface area contributed by atoms with E-state index in [4.69, 9.17) is 15.9 Å². The van der Waals surface area contributed by atoms with Crippen LogP contribution in [0.3, 0.4) is 0 Å². The fourth-order valence-electron chi connectivity index (χ4n) is 1.72. The summed E-state index contributed by atoms with van der Waals surface area (Å²) in [7, 11) is 4.97. The molecule has 1 rings (SSSR count). The predicted octanol–water partition coefficient (Wildman–Crippen LogP) is 1.04. The third-order valence-electron chi connectivity index (χ3n) is 2.74. The first-order chi connectivity index (χ1) is 9.74. The first kappa shape index (κ1) is 15.7. The molecule has 5 heteroatoms. The molecular formula is C15H21N3O2. The Morgan fingerprint density at radius 1 is 1.25 bits per heavy atom. The van der Waals surface area contributed by atoms with E-state index in [0.29, 0.717) is 12.5 Å². The van der Waals surface area contributed by atoms with Gasteiger partial charge in [0.2, 0.25) is 0 Å². The van der Waals surface area contributed by atoms with Crippen molar-refractivity contribution in [3.63, 3.8) is 0 Å². The molecule has 0 saturated carbocycles. The van der Waals surface area contributed by atoms with Crippen LogP contribution in [0.4, 0.5) is 0 Å². The Morgan fingerprint density at radius 3 is 2.60 bits per heavy atom. The second-order valence-electron chi connectivity index (χ2n) is 4.00. The summed E-state index contributed by atoms with van der Waals surface area (Å²) in [6.07, 6.45) is 6.03. The number of guanidine groups is 1. The van der Waals surface area contributed by atoms with Crippen LogP contribution in [0, 0.1) is 12.3 Å². The minimum absolute atomic E-state index is 0.454. The topological polar surface area (TPSA) is 54.9 Å². The first-order valence-electron chi connectivity index (χ1n) is 6.34. The van der Waals surface area contributed by atoms with E-state index < -0.39 is 0 Å². The van der Waals surface area contributed by atoms with Crippen molar-refractivity contribution >= 4 is 5.96 Å². The molecule has 0 saturated heterocycles. The number of nitrogens with zero attached hydrogens (tertiary/aromatic N) is 1. The number of benzene rings is 1. The van der Waals surface area contributed by atoms with Gasteiger partial charge in [0.25, 0.3) is 0 Å². The molecule has 0 radical (unpaired) electrons. The maximum Gasteiger partial charge on any atom is 0.191 e. The zero-order chi connectivity index (χ0) is 14.8. The molecule has 0 atom stereocenters. The van der Waals surface area contributed by atoms with Gasteiger partial charge in [0.15, 0.2) is 17.5 Å². The van der Waals surface area contributed by atoms with Crippen molar-refractivity contribution in [3.8, 4) is 23.8 Å². The summed E-state index contributed by atoms with van der Waals surface area (Å²) in [6, 6.07) is 5.89. The highest BCUT2D eigenvalue weighted by Gasteiger charge is 2.04. The molecule has 20 heavy (non-hydrogen) atoms. The summed E-state index contributed by atoms with van der Waals surface area (Å²) in [5.41, 5.74) is 1.16. The minimum Gasteiger partial charge on any atom is -0.493 e. The monoisotopic (exact) mass is 275 g/mol. The van der Waals surface area contributed by atoms with Gasteiger partial charge in [0.05, 0.1) is 20.8 Å². The van der Waals surface area contributed by atoms with Crippen LogP contribution in [-0.4, -0.2) is 40.3 Å². The van der Waals surface area contributed by atoms with Crippen molar-refractivity contribution in [2.45, 2.75) is 6.42 Å². The highest BCUT2D eigenvalue weighted by molar-refractivity contribution is 5.79. The van der Waals surface area contributed by atoms with Crippen molar-refractivity contribution in [3.05, 3.63) is 23.8 Å². The van der Waals surface area contributed by atoms with Gasteiger partial charge >= 0.3 is 0 Å². The molecule has 5 nitrogen and oxygen atoms in total. The molecule has 0 bridgehead atoms. The molecule has 0 spiro atoms. The summed E-state index contributed by atoms with van der Waals surface area (Å²) in [6.45, 7) is 1.20. The number of aliphatic imine (C=N–C) groups is 1. The van der Waals surface area contributed by atoms with Gasteiger partial charge in [0.1, 0.15) is 0 Å². The van der Waals surface area contributed by atoms with Gasteiger partial charge < -0.3 is 20.1 Å². The van der Waals surface area contributed by atoms with Gasteiger partial charge in [-0.25, -0.2) is 0 Å².